The third-order valence-electron chi connectivity index (χ3n) is 13.4. The molecular formula is C52H51N3O+2. The summed E-state index contributed by atoms with van der Waals surface area (Å²) in [4.78, 5) is 3.83. The molecule has 1 saturated carbocycles. The Bertz CT molecular complexity index is 2770. The van der Waals surface area contributed by atoms with Crippen molar-refractivity contribution in [3.8, 4) is 33.6 Å². The summed E-state index contributed by atoms with van der Waals surface area (Å²) in [6.45, 7) is 22.0. The molecular weight excluding hydrogens is 683 g/mol. The van der Waals surface area contributed by atoms with Crippen LogP contribution < -0.4 is 9.13 Å². The third kappa shape index (κ3) is 5.02. The lowest BCUT2D eigenvalue weighted by Crippen LogP contribution is -2.71. The van der Waals surface area contributed by atoms with Gasteiger partial charge in [-0.1, -0.05) is 103 Å². The molecule has 2 atom stereocenters. The van der Waals surface area contributed by atoms with Crippen molar-refractivity contribution in [2.24, 2.45) is 11.8 Å². The lowest BCUT2D eigenvalue weighted by molar-refractivity contribution is -0.955. The van der Waals surface area contributed by atoms with Gasteiger partial charge in [0.05, 0.1) is 12.1 Å². The van der Waals surface area contributed by atoms with Crippen LogP contribution in [0.15, 0.2) is 114 Å². The standard InChI is InChI=1S/C52H51N3O/c1-32(2)27-37-29-46-41-18-11-13-19-42(41)52(55(46)31-44(37)51(4,5)6)43-24-23-40-39-22-21-36(38-17-12-14-20-45(38)53-7)30-48(39)56-50(40)49(43)47-28-35(25-26-54(47)52)33(3)34-15-9-8-10-16-34/h11-14,17-26,28-34H,8-10,15-16,27H2,1-6H3/q+2. The van der Waals surface area contributed by atoms with Crippen LogP contribution in [0.2, 0.25) is 0 Å². The van der Waals surface area contributed by atoms with Crippen molar-refractivity contribution in [3.05, 3.63) is 149 Å². The first kappa shape index (κ1) is 34.9. The van der Waals surface area contributed by atoms with Gasteiger partial charge in [0.2, 0.25) is 11.4 Å². The highest BCUT2D eigenvalue weighted by atomic mass is 16.3. The number of hydrogen-bond acceptors (Lipinski definition) is 1. The maximum Gasteiger partial charge on any atom is 0.417 e. The van der Waals surface area contributed by atoms with Gasteiger partial charge in [0.1, 0.15) is 27.9 Å². The molecule has 278 valence electrons. The van der Waals surface area contributed by atoms with Crippen LogP contribution in [0.4, 0.5) is 5.69 Å². The number of rotatable bonds is 5. The molecule has 0 radical (unpaired) electrons. The fraction of sp³-hybridized carbons (Fsp3) is 0.327. The van der Waals surface area contributed by atoms with Crippen LogP contribution in [-0.4, -0.2) is 0 Å². The van der Waals surface area contributed by atoms with Crippen molar-refractivity contribution in [1.82, 2.24) is 0 Å². The van der Waals surface area contributed by atoms with Crippen molar-refractivity contribution in [2.75, 3.05) is 0 Å². The molecule has 0 bridgehead atoms. The predicted octanol–water partition coefficient (Wildman–Crippen LogP) is 12.8. The van der Waals surface area contributed by atoms with E-state index >= 15 is 0 Å². The number of pyridine rings is 2. The second kappa shape index (κ2) is 12.8. The average Bonchev–Trinajstić information content (AvgIpc) is 3.83. The Balaban J connectivity index is 1.28. The minimum absolute atomic E-state index is 0.0390. The Labute approximate surface area is 331 Å². The Hall–Kier alpha value is -5.53. The quantitative estimate of drug-likeness (QED) is 0.128. The van der Waals surface area contributed by atoms with Crippen LogP contribution in [0.25, 0.3) is 60.4 Å². The van der Waals surface area contributed by atoms with Gasteiger partial charge >= 0.3 is 5.66 Å². The second-order valence-electron chi connectivity index (χ2n) is 18.2. The van der Waals surface area contributed by atoms with Crippen LogP contribution in [0.5, 0.6) is 0 Å². The van der Waals surface area contributed by atoms with Gasteiger partial charge in [-0.25, -0.2) is 4.85 Å². The fourth-order valence-electron chi connectivity index (χ4n) is 10.7. The number of nitrogens with zero attached hydrogens (tertiary/aromatic N) is 3. The smallest absolute Gasteiger partial charge is 0.417 e. The molecule has 1 spiro atoms. The van der Waals surface area contributed by atoms with Crippen molar-refractivity contribution >= 4 is 27.6 Å². The Morgan fingerprint density at radius 2 is 1.54 bits per heavy atom. The SMILES string of the molecule is [C-]#[N+]c1ccccc1-c1ccc2c(c1)oc1c3c(ccc12)C1(c2ccccc2-c2cc(CC(C)C)c(C(C)(C)C)c[n+]21)[n+]1ccc(C(C)C2CCCCC2)cc1-3. The van der Waals surface area contributed by atoms with Crippen LogP contribution in [-0.2, 0) is 17.5 Å². The van der Waals surface area contributed by atoms with Crippen LogP contribution >= 0.6 is 0 Å². The van der Waals surface area contributed by atoms with E-state index in [9.17, 15) is 0 Å². The van der Waals surface area contributed by atoms with Crippen molar-refractivity contribution < 1.29 is 13.6 Å². The maximum absolute atomic E-state index is 7.82. The highest BCUT2D eigenvalue weighted by Crippen LogP contribution is 2.52. The topological polar surface area (TPSA) is 25.3 Å². The van der Waals surface area contributed by atoms with Gasteiger partial charge < -0.3 is 4.42 Å². The molecule has 10 rings (SSSR count). The van der Waals surface area contributed by atoms with Gasteiger partial charge in [-0.05, 0) is 101 Å². The summed E-state index contributed by atoms with van der Waals surface area (Å²) in [5.74, 6) is 1.73. The van der Waals surface area contributed by atoms with E-state index in [1.165, 1.54) is 82.4 Å². The summed E-state index contributed by atoms with van der Waals surface area (Å²) in [5, 5.41) is 2.22. The largest absolute Gasteiger partial charge is 0.455 e. The van der Waals surface area contributed by atoms with Gasteiger partial charge in [-0.15, -0.1) is 9.13 Å². The number of fused-ring (bicyclic) bond motifs is 14. The molecule has 4 aromatic carbocycles. The number of benzene rings is 4. The molecule has 7 aromatic rings. The van der Waals surface area contributed by atoms with Crippen molar-refractivity contribution in [2.45, 2.75) is 97.1 Å². The Morgan fingerprint density at radius 3 is 2.30 bits per heavy atom. The summed E-state index contributed by atoms with van der Waals surface area (Å²) in [6, 6.07) is 35.5. The van der Waals surface area contributed by atoms with Gasteiger partial charge in [-0.2, -0.15) is 0 Å². The number of hydrogen-bond donors (Lipinski definition) is 0. The summed E-state index contributed by atoms with van der Waals surface area (Å²) in [5.41, 5.74) is 15.4. The van der Waals surface area contributed by atoms with E-state index in [1.807, 2.05) is 24.3 Å². The van der Waals surface area contributed by atoms with E-state index in [-0.39, 0.29) is 5.41 Å². The van der Waals surface area contributed by atoms with E-state index in [1.54, 1.807) is 0 Å². The van der Waals surface area contributed by atoms with Crippen LogP contribution in [0, 0.1) is 18.4 Å². The lowest BCUT2D eigenvalue weighted by atomic mass is 9.78. The molecule has 4 heteroatoms. The normalized spacial score (nSPS) is 18.0. The molecule has 2 unspecified atom stereocenters. The monoisotopic (exact) mass is 733 g/mol. The summed E-state index contributed by atoms with van der Waals surface area (Å²) in [6.07, 6.45) is 12.6. The number of furan rings is 1. The molecule has 3 aromatic heterocycles. The summed E-state index contributed by atoms with van der Waals surface area (Å²) < 4.78 is 12.3. The maximum atomic E-state index is 7.82. The molecule has 2 aliphatic heterocycles. The zero-order chi connectivity index (χ0) is 38.5. The van der Waals surface area contributed by atoms with Gasteiger partial charge in [0.25, 0.3) is 0 Å². The summed E-state index contributed by atoms with van der Waals surface area (Å²) in [7, 11) is 0. The molecule has 0 saturated heterocycles. The van der Waals surface area contributed by atoms with Crippen molar-refractivity contribution in [1.29, 1.82) is 0 Å². The molecule has 5 heterocycles. The zero-order valence-electron chi connectivity index (χ0n) is 33.6. The highest BCUT2D eigenvalue weighted by Gasteiger charge is 2.67. The van der Waals surface area contributed by atoms with Gasteiger partial charge in [0, 0.05) is 34.5 Å². The molecule has 0 amide bonds. The minimum atomic E-state index is -0.632. The predicted molar refractivity (Wildman–Crippen MR) is 227 cm³/mol. The van der Waals surface area contributed by atoms with E-state index in [4.69, 9.17) is 11.0 Å². The second-order valence-corrected chi connectivity index (χ2v) is 18.2. The summed E-state index contributed by atoms with van der Waals surface area (Å²) >= 11 is 0. The average molecular weight is 734 g/mol. The van der Waals surface area contributed by atoms with Crippen LogP contribution in [0.1, 0.15) is 107 Å². The fourth-order valence-corrected chi connectivity index (χ4v) is 10.7. The minimum Gasteiger partial charge on any atom is -0.455 e. The highest BCUT2D eigenvalue weighted by molar-refractivity contribution is 6.11. The molecule has 1 aliphatic carbocycles. The molecule has 56 heavy (non-hydrogen) atoms. The Morgan fingerprint density at radius 1 is 0.786 bits per heavy atom. The van der Waals surface area contributed by atoms with E-state index in [0.29, 0.717) is 23.4 Å². The van der Waals surface area contributed by atoms with Gasteiger partial charge in [0.15, 0.2) is 18.1 Å². The van der Waals surface area contributed by atoms with Crippen LogP contribution in [0.3, 0.4) is 0 Å². The molecule has 1 fully saturated rings. The third-order valence-corrected chi connectivity index (χ3v) is 13.4. The Kier molecular flexibility index (Phi) is 7.95. The first-order valence-corrected chi connectivity index (χ1v) is 20.8. The molecule has 0 N–H and O–H groups in total. The first-order valence-electron chi connectivity index (χ1n) is 20.8. The number of para-hydroxylation sites is 1. The first-order chi connectivity index (χ1) is 27.1. The van der Waals surface area contributed by atoms with E-state index in [2.05, 4.69) is 141 Å². The van der Waals surface area contributed by atoms with Crippen molar-refractivity contribution in [3.63, 3.8) is 0 Å². The van der Waals surface area contributed by atoms with E-state index in [0.717, 1.165) is 39.5 Å². The molecule has 4 nitrogen and oxygen atoms in total. The zero-order valence-corrected chi connectivity index (χ0v) is 33.6. The van der Waals surface area contributed by atoms with Gasteiger partial charge in [-0.3, -0.25) is 0 Å². The lowest BCUT2D eigenvalue weighted by Gasteiger charge is -2.28. The molecule has 3 aliphatic rings. The number of aromatic nitrogens is 2. The van der Waals surface area contributed by atoms with E-state index < -0.39 is 5.66 Å².